The van der Waals surface area contributed by atoms with Crippen LogP contribution in [0.3, 0.4) is 0 Å². The lowest BCUT2D eigenvalue weighted by Gasteiger charge is -2.18. The van der Waals surface area contributed by atoms with Crippen LogP contribution < -0.4 is 20.3 Å². The first-order chi connectivity index (χ1) is 13.9. The highest BCUT2D eigenvalue weighted by Crippen LogP contribution is 2.29. The molecule has 152 valence electrons. The summed E-state index contributed by atoms with van der Waals surface area (Å²) in [5, 5.41) is 3.45. The summed E-state index contributed by atoms with van der Waals surface area (Å²) in [5.41, 5.74) is 1.26. The molecule has 1 atom stereocenters. The van der Waals surface area contributed by atoms with E-state index in [4.69, 9.17) is 9.47 Å². The summed E-state index contributed by atoms with van der Waals surface area (Å²) in [6.45, 7) is 2.11. The molecule has 1 heterocycles. The van der Waals surface area contributed by atoms with Crippen LogP contribution in [0.5, 0.6) is 11.5 Å². The first-order valence-electron chi connectivity index (χ1n) is 9.09. The number of carbonyl (C=O) groups is 1. The Kier molecular flexibility index (Phi) is 6.53. The van der Waals surface area contributed by atoms with Crippen molar-refractivity contribution in [3.05, 3.63) is 63.1 Å². The first-order valence-corrected chi connectivity index (χ1v) is 9.88. The van der Waals surface area contributed by atoms with E-state index in [1.807, 2.05) is 19.1 Å². The molecule has 1 amide bonds. The molecule has 0 bridgehead atoms. The number of benzene rings is 2. The van der Waals surface area contributed by atoms with E-state index in [0.29, 0.717) is 22.4 Å². The van der Waals surface area contributed by atoms with Gasteiger partial charge in [-0.15, -0.1) is 0 Å². The molecule has 0 aliphatic heterocycles. The van der Waals surface area contributed by atoms with Crippen molar-refractivity contribution >= 4 is 32.7 Å². The minimum atomic E-state index is -0.282. The van der Waals surface area contributed by atoms with Gasteiger partial charge < -0.3 is 14.8 Å². The maximum absolute atomic E-state index is 12.6. The van der Waals surface area contributed by atoms with Crippen LogP contribution in [0.1, 0.15) is 24.9 Å². The van der Waals surface area contributed by atoms with Crippen LogP contribution in [-0.2, 0) is 11.3 Å². The van der Waals surface area contributed by atoms with Gasteiger partial charge in [-0.25, -0.2) is 4.98 Å². The predicted molar refractivity (Wildman–Crippen MR) is 114 cm³/mol. The van der Waals surface area contributed by atoms with Gasteiger partial charge in [0.1, 0.15) is 11.5 Å². The molecular formula is C21H22BrN3O4. The summed E-state index contributed by atoms with van der Waals surface area (Å²) >= 11 is 3.37. The Balaban J connectivity index is 1.70. The van der Waals surface area contributed by atoms with E-state index >= 15 is 0 Å². The minimum absolute atomic E-state index is 0.151. The van der Waals surface area contributed by atoms with E-state index in [2.05, 4.69) is 26.2 Å². The molecule has 0 radical (unpaired) electrons. The van der Waals surface area contributed by atoms with Gasteiger partial charge in [-0.1, -0.05) is 15.9 Å². The topological polar surface area (TPSA) is 82.4 Å². The third-order valence-corrected chi connectivity index (χ3v) is 5.14. The molecule has 1 aromatic heterocycles. The molecule has 3 aromatic rings. The zero-order chi connectivity index (χ0) is 21.0. The molecule has 1 N–H and O–H groups in total. The number of rotatable bonds is 7. The van der Waals surface area contributed by atoms with Gasteiger partial charge in [0, 0.05) is 23.0 Å². The van der Waals surface area contributed by atoms with Gasteiger partial charge in [-0.05, 0) is 43.3 Å². The predicted octanol–water partition coefficient (Wildman–Crippen LogP) is 3.44. The number of hydrogen-bond acceptors (Lipinski definition) is 5. The van der Waals surface area contributed by atoms with Crippen LogP contribution in [-0.4, -0.2) is 29.7 Å². The second kappa shape index (κ2) is 9.09. The van der Waals surface area contributed by atoms with Gasteiger partial charge >= 0.3 is 0 Å². The Labute approximate surface area is 176 Å². The van der Waals surface area contributed by atoms with E-state index in [9.17, 15) is 9.59 Å². The zero-order valence-corrected chi connectivity index (χ0v) is 18.0. The van der Waals surface area contributed by atoms with Gasteiger partial charge in [0.05, 0.1) is 37.5 Å². The number of amides is 1. The van der Waals surface area contributed by atoms with E-state index in [1.54, 1.807) is 38.5 Å². The summed E-state index contributed by atoms with van der Waals surface area (Å²) in [7, 11) is 3.17. The number of ether oxygens (including phenoxy) is 2. The Morgan fingerprint density at radius 2 is 2.00 bits per heavy atom. The van der Waals surface area contributed by atoms with Gasteiger partial charge in [-0.2, -0.15) is 0 Å². The number of halogens is 1. The summed E-state index contributed by atoms with van der Waals surface area (Å²) in [6, 6.07) is 10.5. The minimum Gasteiger partial charge on any atom is -0.497 e. The van der Waals surface area contributed by atoms with E-state index in [0.717, 1.165) is 10.0 Å². The smallest absolute Gasteiger partial charge is 0.261 e. The lowest BCUT2D eigenvalue weighted by atomic mass is 10.1. The van der Waals surface area contributed by atoms with Crippen LogP contribution in [0.2, 0.25) is 0 Å². The van der Waals surface area contributed by atoms with E-state index in [-0.39, 0.29) is 30.5 Å². The number of aromatic nitrogens is 2. The molecule has 2 aromatic carbocycles. The SMILES string of the molecule is COc1ccc(OC)c(C(C)NC(=O)CCn2cnc3ccc(Br)cc3c2=O)c1. The number of carbonyl (C=O) groups excluding carboxylic acids is 1. The third kappa shape index (κ3) is 4.76. The van der Waals surface area contributed by atoms with Crippen LogP contribution in [0.4, 0.5) is 0 Å². The summed E-state index contributed by atoms with van der Waals surface area (Å²) in [6.07, 6.45) is 1.62. The van der Waals surface area contributed by atoms with Crippen molar-refractivity contribution in [2.75, 3.05) is 14.2 Å². The number of hydrogen-bond donors (Lipinski definition) is 1. The van der Waals surface area contributed by atoms with Gasteiger partial charge in [-0.3, -0.25) is 14.2 Å². The molecule has 0 fully saturated rings. The number of nitrogens with one attached hydrogen (secondary N) is 1. The maximum atomic E-state index is 12.6. The highest BCUT2D eigenvalue weighted by molar-refractivity contribution is 9.10. The van der Waals surface area contributed by atoms with Crippen molar-refractivity contribution in [1.29, 1.82) is 0 Å². The van der Waals surface area contributed by atoms with Crippen molar-refractivity contribution in [2.24, 2.45) is 0 Å². The van der Waals surface area contributed by atoms with Crippen LogP contribution >= 0.6 is 15.9 Å². The molecule has 0 saturated carbocycles. The zero-order valence-electron chi connectivity index (χ0n) is 16.4. The molecule has 29 heavy (non-hydrogen) atoms. The molecule has 0 saturated heterocycles. The van der Waals surface area contributed by atoms with Crippen molar-refractivity contribution in [1.82, 2.24) is 14.9 Å². The van der Waals surface area contributed by atoms with Crippen LogP contribution in [0.25, 0.3) is 10.9 Å². The Morgan fingerprint density at radius 1 is 1.21 bits per heavy atom. The largest absolute Gasteiger partial charge is 0.497 e. The fourth-order valence-corrected chi connectivity index (χ4v) is 3.44. The molecule has 8 heteroatoms. The summed E-state index contributed by atoms with van der Waals surface area (Å²) < 4.78 is 12.9. The standard InChI is InChI=1S/C21H22BrN3O4/c1-13(16-11-15(28-2)5-7-19(16)29-3)24-20(26)8-9-25-12-23-18-6-4-14(22)10-17(18)21(25)27/h4-7,10-13H,8-9H2,1-3H3,(H,24,26). The van der Waals surface area contributed by atoms with Gasteiger partial charge in [0.2, 0.25) is 5.91 Å². The van der Waals surface area contributed by atoms with Crippen molar-refractivity contribution in [2.45, 2.75) is 25.9 Å². The lowest BCUT2D eigenvalue weighted by Crippen LogP contribution is -2.29. The molecule has 3 rings (SSSR count). The molecule has 0 spiro atoms. The summed E-state index contributed by atoms with van der Waals surface area (Å²) in [4.78, 5) is 29.4. The average molecular weight is 460 g/mol. The van der Waals surface area contributed by atoms with Gasteiger partial charge in [0.15, 0.2) is 0 Å². The second-order valence-corrected chi connectivity index (χ2v) is 7.47. The quantitative estimate of drug-likeness (QED) is 0.584. The molecule has 0 aliphatic carbocycles. The van der Waals surface area contributed by atoms with Crippen molar-refractivity contribution < 1.29 is 14.3 Å². The number of fused-ring (bicyclic) bond motifs is 1. The third-order valence-electron chi connectivity index (χ3n) is 4.65. The molecular weight excluding hydrogens is 438 g/mol. The van der Waals surface area contributed by atoms with Crippen LogP contribution in [0, 0.1) is 0 Å². The normalized spacial score (nSPS) is 11.9. The Bertz CT molecular complexity index is 1100. The van der Waals surface area contributed by atoms with Gasteiger partial charge in [0.25, 0.3) is 5.56 Å². The Morgan fingerprint density at radius 3 is 2.72 bits per heavy atom. The van der Waals surface area contributed by atoms with Crippen molar-refractivity contribution in [3.63, 3.8) is 0 Å². The van der Waals surface area contributed by atoms with Crippen LogP contribution in [0.15, 0.2) is 52.0 Å². The highest BCUT2D eigenvalue weighted by Gasteiger charge is 2.15. The second-order valence-electron chi connectivity index (χ2n) is 6.55. The van der Waals surface area contributed by atoms with E-state index in [1.165, 1.54) is 10.9 Å². The number of nitrogens with zero attached hydrogens (tertiary/aromatic N) is 2. The van der Waals surface area contributed by atoms with E-state index < -0.39 is 0 Å². The average Bonchev–Trinajstić information content (AvgIpc) is 2.73. The molecule has 1 unspecified atom stereocenters. The number of methoxy groups -OCH3 is 2. The molecule has 0 aliphatic rings. The lowest BCUT2D eigenvalue weighted by molar-refractivity contribution is -0.122. The fraction of sp³-hybridized carbons (Fsp3) is 0.286. The monoisotopic (exact) mass is 459 g/mol. The maximum Gasteiger partial charge on any atom is 0.261 e. The molecule has 7 nitrogen and oxygen atoms in total. The Hall–Kier alpha value is -2.87. The fourth-order valence-electron chi connectivity index (χ4n) is 3.08. The summed E-state index contributed by atoms with van der Waals surface area (Å²) in [5.74, 6) is 1.17. The first kappa shape index (κ1) is 20.9. The highest BCUT2D eigenvalue weighted by atomic mass is 79.9. The van der Waals surface area contributed by atoms with Crippen molar-refractivity contribution in [3.8, 4) is 11.5 Å². The number of aryl methyl sites for hydroxylation is 1.